The molecule has 21 N–H and O–H groups in total. The van der Waals surface area contributed by atoms with Crippen molar-refractivity contribution in [2.24, 2.45) is 0 Å². The maximum absolute atomic E-state index is 14.5. The van der Waals surface area contributed by atoms with E-state index >= 15 is 0 Å². The van der Waals surface area contributed by atoms with Gasteiger partial charge in [-0.25, -0.2) is 0 Å². The van der Waals surface area contributed by atoms with E-state index in [1.54, 1.807) is 0 Å². The highest BCUT2D eigenvalue weighted by Crippen LogP contribution is 2.45. The summed E-state index contributed by atoms with van der Waals surface area (Å²) >= 11 is 0. The van der Waals surface area contributed by atoms with E-state index in [9.17, 15) is 120 Å². The van der Waals surface area contributed by atoms with E-state index in [1.165, 1.54) is 60.7 Å². The van der Waals surface area contributed by atoms with E-state index < -0.39 is 161 Å². The summed E-state index contributed by atoms with van der Waals surface area (Å²) < 4.78 is 70.2. The zero-order valence-electron chi connectivity index (χ0n) is 68.8. The summed E-state index contributed by atoms with van der Waals surface area (Å²) in [6.07, 6.45) is -1.64. The first-order valence-corrected chi connectivity index (χ1v) is 40.0. The molecule has 10 aromatic carbocycles. The number of fused-ring (bicyclic) bond motifs is 4. The Morgan fingerprint density at radius 2 is 0.523 bits per heavy atom. The Labute approximate surface area is 740 Å². The number of amides is 3. The quantitative estimate of drug-likeness (QED) is 0.00975. The number of benzene rings is 10. The predicted octanol–water partition coefficient (Wildman–Crippen LogP) is 8.89. The van der Waals surface area contributed by atoms with Crippen molar-refractivity contribution in [1.29, 1.82) is 0 Å². The Balaban J connectivity index is 0.693. The molecule has 4 heterocycles. The molecule has 684 valence electrons. The van der Waals surface area contributed by atoms with E-state index in [1.807, 2.05) is 0 Å². The third-order valence-electron chi connectivity index (χ3n) is 20.0. The van der Waals surface area contributed by atoms with Crippen molar-refractivity contribution >= 4 is 61.6 Å². The number of nitrogens with one attached hydrogen (secondary N) is 4. The lowest BCUT2D eigenvalue weighted by Gasteiger charge is -2.18. The Bertz CT molecular complexity index is 6860. The molecule has 1 atom stereocenters. The van der Waals surface area contributed by atoms with Crippen LogP contribution in [0.25, 0.3) is 100 Å². The van der Waals surface area contributed by atoms with Crippen molar-refractivity contribution in [1.82, 2.24) is 21.3 Å². The highest BCUT2D eigenvalue weighted by atomic mass is 16.6. The summed E-state index contributed by atoms with van der Waals surface area (Å²) in [6.45, 7) is -3.95. The SMILES string of the molecule is O=C(NCCOCCOc1c(-c2ccc(O)c(O)c2)oc2cc(O)cc(O)c2c1=O)c1cc(C(=O)NCCOCCOc2c(-c3ccc(O)c(O)c3)oc3cc(O)cc(O)c3c2=O)cc(-c2cc(C(=O)NCCOCCOc3c(-c4ccc(O)c(O)c4)oc4cc(O)cc(O)c4c3=O)cc(C(O)NCCOCCOc3c(-c4ccc(O)c(O)c4)oc4cc(O)cc(O)c4c3=O)c2)c1. The minimum atomic E-state index is -1.64. The van der Waals surface area contributed by atoms with Crippen molar-refractivity contribution in [3.8, 4) is 171 Å². The van der Waals surface area contributed by atoms with E-state index in [2.05, 4.69) is 21.3 Å². The molecule has 0 bridgehead atoms. The first-order chi connectivity index (χ1) is 63.4. The molecule has 0 saturated heterocycles. The fourth-order valence-electron chi connectivity index (χ4n) is 13.8. The minimum Gasteiger partial charge on any atom is -0.508 e. The second kappa shape index (κ2) is 40.0. The molecule has 132 heavy (non-hydrogen) atoms. The van der Waals surface area contributed by atoms with Gasteiger partial charge in [0, 0.05) is 114 Å². The number of aromatic hydroxyl groups is 16. The summed E-state index contributed by atoms with van der Waals surface area (Å²) in [4.78, 5) is 99.1. The highest BCUT2D eigenvalue weighted by molar-refractivity contribution is 6.03. The minimum absolute atomic E-state index is 0.0154. The average Bonchev–Trinajstić information content (AvgIpc) is 0.771. The van der Waals surface area contributed by atoms with Crippen molar-refractivity contribution in [3.63, 3.8) is 0 Å². The fraction of sp³-hybridized carbons (Fsp3) is 0.185. The molecule has 14 aromatic rings. The zero-order valence-corrected chi connectivity index (χ0v) is 68.8. The molecule has 40 nitrogen and oxygen atoms in total. The Morgan fingerprint density at radius 1 is 0.265 bits per heavy atom. The van der Waals surface area contributed by atoms with Crippen LogP contribution < -0.4 is 61.9 Å². The van der Waals surface area contributed by atoms with Crippen molar-refractivity contribution in [2.45, 2.75) is 6.23 Å². The largest absolute Gasteiger partial charge is 0.508 e. The highest BCUT2D eigenvalue weighted by Gasteiger charge is 2.29. The van der Waals surface area contributed by atoms with Crippen LogP contribution in [0.15, 0.2) is 195 Å². The molecule has 40 heteroatoms. The second-order valence-electron chi connectivity index (χ2n) is 29.1. The molecular weight excluding hydrogens is 1740 g/mol. The predicted molar refractivity (Wildman–Crippen MR) is 465 cm³/mol. The van der Waals surface area contributed by atoms with Crippen molar-refractivity contribution < 1.29 is 157 Å². The zero-order chi connectivity index (χ0) is 93.9. The molecule has 14 rings (SSSR count). The van der Waals surface area contributed by atoms with Gasteiger partial charge in [0.25, 0.3) is 17.7 Å². The lowest BCUT2D eigenvalue weighted by molar-refractivity contribution is 0.0813. The number of phenols is 16. The lowest BCUT2D eigenvalue weighted by Crippen LogP contribution is -2.30. The van der Waals surface area contributed by atoms with Crippen LogP contribution in [-0.2, 0) is 18.9 Å². The van der Waals surface area contributed by atoms with Gasteiger partial charge in [0.05, 0.1) is 52.9 Å². The van der Waals surface area contributed by atoms with Gasteiger partial charge in [-0.1, -0.05) is 0 Å². The Hall–Kier alpha value is -16.8. The molecule has 1 unspecified atom stereocenters. The molecule has 0 aliphatic rings. The van der Waals surface area contributed by atoms with Crippen LogP contribution >= 0.6 is 0 Å². The van der Waals surface area contributed by atoms with Gasteiger partial charge in [-0.2, -0.15) is 0 Å². The number of phenolic OH excluding ortho intramolecular Hbond substituents is 16. The molecular formula is C92H80N4O36. The van der Waals surface area contributed by atoms with E-state index in [0.29, 0.717) is 0 Å². The number of carbonyl (C=O) groups excluding carboxylic acids is 3. The number of hydrogen-bond acceptors (Lipinski definition) is 37. The molecule has 0 spiro atoms. The molecule has 4 aromatic heterocycles. The summed E-state index contributed by atoms with van der Waals surface area (Å²) in [6, 6.07) is 30.1. The standard InChI is InChI=1S/C92H80N4O36/c97-53-35-65(109)73-69(39-53)129-81(43-1-5-57(101)61(105)31-43)85(77(73)113)125-21-17-121-13-9-93-89(117)49-25-47(26-50(29-49)90(118)94-10-14-122-18-22-126-86-78(114)74-66(110)36-54(98)40-70(74)130-82(86)44-2-6-58(102)62(106)32-44)48-27-51(91(119)95-11-15-123-19-23-127-87-79(115)75-67(111)37-55(99)41-71(75)131-83(87)45-3-7-59(103)63(107)33-45)30-52(28-48)92(120)96-12-16-124-20-24-128-88-80(116)76-68(112)38-56(100)42-72(76)132-84(88)46-4-8-60(104)64(108)34-46/h1-8,25-42,89,93,97-112,117H,9-24H2,(H,94,118)(H,95,119)(H,96,120). The first kappa shape index (κ1) is 91.4. The van der Waals surface area contributed by atoms with E-state index in [4.69, 9.17) is 55.6 Å². The van der Waals surface area contributed by atoms with Gasteiger partial charge in [0.2, 0.25) is 44.7 Å². The molecule has 0 radical (unpaired) electrons. The van der Waals surface area contributed by atoms with Crippen molar-refractivity contribution in [2.75, 3.05) is 105 Å². The summed E-state index contributed by atoms with van der Waals surface area (Å²) in [5, 5.41) is 187. The maximum Gasteiger partial charge on any atom is 0.251 e. The molecule has 0 saturated carbocycles. The van der Waals surface area contributed by atoms with Crippen LogP contribution in [0.4, 0.5) is 0 Å². The number of hydrogen-bond donors (Lipinski definition) is 21. The Morgan fingerprint density at radius 3 is 0.795 bits per heavy atom. The summed E-state index contributed by atoms with van der Waals surface area (Å²) in [7, 11) is 0. The van der Waals surface area contributed by atoms with Crippen LogP contribution in [0.2, 0.25) is 0 Å². The van der Waals surface area contributed by atoms with Crippen LogP contribution in [0.3, 0.4) is 0 Å². The second-order valence-corrected chi connectivity index (χ2v) is 29.1. The van der Waals surface area contributed by atoms with Gasteiger partial charge in [-0.05, 0) is 126 Å². The fourth-order valence-corrected chi connectivity index (χ4v) is 13.8. The normalized spacial score (nSPS) is 11.6. The van der Waals surface area contributed by atoms with Gasteiger partial charge >= 0.3 is 0 Å². The van der Waals surface area contributed by atoms with Crippen LogP contribution in [0, 0.1) is 0 Å². The van der Waals surface area contributed by atoms with Crippen LogP contribution in [-0.4, -0.2) is 210 Å². The van der Waals surface area contributed by atoms with Gasteiger partial charge < -0.3 is 158 Å². The molecule has 0 aliphatic carbocycles. The van der Waals surface area contributed by atoms with Crippen molar-refractivity contribution in [3.05, 3.63) is 221 Å². The number of aliphatic hydroxyl groups is 1. The van der Waals surface area contributed by atoms with Gasteiger partial charge in [0.1, 0.15) is 123 Å². The van der Waals surface area contributed by atoms with Gasteiger partial charge in [-0.15, -0.1) is 0 Å². The number of ether oxygens (including phenoxy) is 8. The molecule has 0 aliphatic heterocycles. The van der Waals surface area contributed by atoms with Crippen LogP contribution in [0.5, 0.6) is 115 Å². The summed E-state index contributed by atoms with van der Waals surface area (Å²) in [5.74, 6) is -13.9. The Kier molecular flexibility index (Phi) is 27.7. The van der Waals surface area contributed by atoms with Crippen LogP contribution in [0.1, 0.15) is 42.9 Å². The first-order valence-electron chi connectivity index (χ1n) is 40.0. The monoisotopic (exact) mass is 1820 g/mol. The maximum atomic E-state index is 14.5. The average molecular weight is 1820 g/mol. The smallest absolute Gasteiger partial charge is 0.251 e. The number of carbonyl (C=O) groups is 3. The lowest BCUT2D eigenvalue weighted by atomic mass is 9.95. The third-order valence-corrected chi connectivity index (χ3v) is 20.0. The van der Waals surface area contributed by atoms with Gasteiger partial charge in [0.15, 0.2) is 69.0 Å². The molecule has 3 amide bonds. The van der Waals surface area contributed by atoms with E-state index in [-0.39, 0.29) is 228 Å². The van der Waals surface area contributed by atoms with E-state index in [0.717, 1.165) is 97.1 Å². The summed E-state index contributed by atoms with van der Waals surface area (Å²) in [5.41, 5.74) is -4.53. The number of aliphatic hydroxyl groups excluding tert-OH is 1. The topological polar surface area (TPSA) is 638 Å². The molecule has 0 fully saturated rings. The van der Waals surface area contributed by atoms with Gasteiger partial charge in [-0.3, -0.25) is 38.9 Å². The number of rotatable bonds is 38. The third kappa shape index (κ3) is 20.6.